The fourth-order valence-corrected chi connectivity index (χ4v) is 3.77. The number of nitrogens with zero attached hydrogens (tertiary/aromatic N) is 2. The topological polar surface area (TPSA) is 49.9 Å². The molecule has 0 atom stereocenters. The van der Waals surface area contributed by atoms with Crippen LogP contribution in [-0.4, -0.2) is 47.9 Å². The molecule has 2 amide bonds. The summed E-state index contributed by atoms with van der Waals surface area (Å²) in [6, 6.07) is 20.0. The number of benzene rings is 2. The van der Waals surface area contributed by atoms with Gasteiger partial charge in [-0.15, -0.1) is 0 Å². The monoisotopic (exact) mass is 476 g/mol. The van der Waals surface area contributed by atoms with E-state index in [4.69, 9.17) is 4.74 Å². The number of hydrogen-bond donors (Lipinski definition) is 0. The van der Waals surface area contributed by atoms with Gasteiger partial charge in [0.25, 0.3) is 0 Å². The Morgan fingerprint density at radius 1 is 0.657 bits per heavy atom. The highest BCUT2D eigenvalue weighted by Gasteiger charge is 2.15. The number of rotatable bonds is 16. The van der Waals surface area contributed by atoms with Gasteiger partial charge in [-0.25, -0.2) is 0 Å². The Labute approximate surface area is 211 Å². The number of ether oxygens (including phenoxy) is 1. The lowest BCUT2D eigenvalue weighted by atomic mass is 10.1. The number of carbonyl (C=O) groups is 2. The van der Waals surface area contributed by atoms with E-state index in [1.165, 1.54) is 0 Å². The van der Waals surface area contributed by atoms with E-state index in [1.807, 2.05) is 70.5 Å². The molecule has 0 saturated heterocycles. The Kier molecular flexibility index (Phi) is 12.6. The van der Waals surface area contributed by atoms with Crippen molar-refractivity contribution in [1.29, 1.82) is 0 Å². The van der Waals surface area contributed by atoms with E-state index in [1.54, 1.807) is 13.8 Å². The lowest BCUT2D eigenvalue weighted by Crippen LogP contribution is -2.32. The number of unbranched alkanes of at least 4 members (excludes halogenated alkanes) is 2. The normalized spacial score (nSPS) is 10.6. The zero-order valence-corrected chi connectivity index (χ0v) is 21.4. The molecule has 188 valence electrons. The fraction of sp³-hybridized carbons (Fsp3) is 0.400. The standard InChI is InChI=1S/C30H40N2O3/c1-25(2)29(33)31(23-27-15-7-5-8-16-27)19-11-13-21-35-22-14-12-20-32(30(34)26(3)4)24-28-17-9-6-10-18-28/h5-10,15-18H,1,3,11-14,19-24H2,2,4H3. The van der Waals surface area contributed by atoms with Gasteiger partial charge in [-0.3, -0.25) is 9.59 Å². The first kappa shape index (κ1) is 28.1. The van der Waals surface area contributed by atoms with Gasteiger partial charge in [0.2, 0.25) is 11.8 Å². The van der Waals surface area contributed by atoms with Crippen molar-refractivity contribution in [3.05, 3.63) is 96.1 Å². The highest BCUT2D eigenvalue weighted by Crippen LogP contribution is 2.11. The largest absolute Gasteiger partial charge is 0.381 e. The Morgan fingerprint density at radius 3 is 1.37 bits per heavy atom. The van der Waals surface area contributed by atoms with Crippen LogP contribution in [0.2, 0.25) is 0 Å². The fourth-order valence-electron chi connectivity index (χ4n) is 3.77. The van der Waals surface area contributed by atoms with E-state index in [9.17, 15) is 9.59 Å². The summed E-state index contributed by atoms with van der Waals surface area (Å²) in [4.78, 5) is 28.7. The zero-order chi connectivity index (χ0) is 25.5. The van der Waals surface area contributed by atoms with Crippen LogP contribution in [0.3, 0.4) is 0 Å². The van der Waals surface area contributed by atoms with Gasteiger partial charge in [0.15, 0.2) is 0 Å². The van der Waals surface area contributed by atoms with E-state index in [0.717, 1.165) is 36.8 Å². The first-order valence-corrected chi connectivity index (χ1v) is 12.4. The second-order valence-electron chi connectivity index (χ2n) is 9.01. The molecule has 0 aliphatic heterocycles. The predicted molar refractivity (Wildman–Crippen MR) is 143 cm³/mol. The number of hydrogen-bond acceptors (Lipinski definition) is 3. The van der Waals surface area contributed by atoms with E-state index in [2.05, 4.69) is 13.2 Å². The van der Waals surface area contributed by atoms with Crippen molar-refractivity contribution in [3.8, 4) is 0 Å². The molecule has 0 aliphatic carbocycles. The van der Waals surface area contributed by atoms with Gasteiger partial charge in [-0.05, 0) is 50.7 Å². The van der Waals surface area contributed by atoms with Crippen molar-refractivity contribution in [3.63, 3.8) is 0 Å². The van der Waals surface area contributed by atoms with Gasteiger partial charge in [-0.1, -0.05) is 73.8 Å². The second kappa shape index (κ2) is 15.7. The van der Waals surface area contributed by atoms with Crippen LogP contribution in [0.5, 0.6) is 0 Å². The minimum Gasteiger partial charge on any atom is -0.381 e. The van der Waals surface area contributed by atoms with Crippen molar-refractivity contribution >= 4 is 11.8 Å². The van der Waals surface area contributed by atoms with Crippen LogP contribution in [0.1, 0.15) is 50.7 Å². The van der Waals surface area contributed by atoms with Crippen molar-refractivity contribution in [2.24, 2.45) is 0 Å². The van der Waals surface area contributed by atoms with Crippen LogP contribution in [0.25, 0.3) is 0 Å². The molecule has 0 heterocycles. The van der Waals surface area contributed by atoms with Crippen LogP contribution in [0.4, 0.5) is 0 Å². The maximum atomic E-state index is 12.5. The summed E-state index contributed by atoms with van der Waals surface area (Å²) >= 11 is 0. The van der Waals surface area contributed by atoms with Crippen molar-refractivity contribution in [1.82, 2.24) is 9.80 Å². The first-order chi connectivity index (χ1) is 16.9. The predicted octanol–water partition coefficient (Wildman–Crippen LogP) is 5.77. The summed E-state index contributed by atoms with van der Waals surface area (Å²) in [6.45, 7) is 15.0. The van der Waals surface area contributed by atoms with Crippen molar-refractivity contribution < 1.29 is 14.3 Å². The molecule has 0 spiro atoms. The molecule has 0 radical (unpaired) electrons. The summed E-state index contributed by atoms with van der Waals surface area (Å²) in [6.07, 6.45) is 3.54. The molecule has 0 bridgehead atoms. The molecule has 0 unspecified atom stereocenters. The highest BCUT2D eigenvalue weighted by atomic mass is 16.5. The smallest absolute Gasteiger partial charge is 0.249 e. The summed E-state index contributed by atoms with van der Waals surface area (Å²) in [5.74, 6) is -0.00160. The Balaban J connectivity index is 1.65. The Morgan fingerprint density at radius 2 is 1.03 bits per heavy atom. The van der Waals surface area contributed by atoms with E-state index in [0.29, 0.717) is 50.5 Å². The summed E-state index contributed by atoms with van der Waals surface area (Å²) < 4.78 is 5.81. The molecule has 0 aromatic heterocycles. The maximum absolute atomic E-state index is 12.5. The van der Waals surface area contributed by atoms with Crippen LogP contribution in [0.15, 0.2) is 85.0 Å². The summed E-state index contributed by atoms with van der Waals surface area (Å²) in [5, 5.41) is 0. The minimum atomic E-state index is -0.000800. The van der Waals surface area contributed by atoms with Gasteiger partial charge in [0.1, 0.15) is 0 Å². The number of amides is 2. The molecule has 0 N–H and O–H groups in total. The third-order valence-corrected chi connectivity index (χ3v) is 5.67. The third-order valence-electron chi connectivity index (χ3n) is 5.67. The van der Waals surface area contributed by atoms with Gasteiger partial charge < -0.3 is 14.5 Å². The Hall–Kier alpha value is -3.18. The van der Waals surface area contributed by atoms with Gasteiger partial charge in [0.05, 0.1) is 0 Å². The molecule has 2 aromatic carbocycles. The first-order valence-electron chi connectivity index (χ1n) is 12.4. The molecule has 0 fully saturated rings. The van der Waals surface area contributed by atoms with Crippen molar-refractivity contribution in [2.75, 3.05) is 26.3 Å². The van der Waals surface area contributed by atoms with Crippen LogP contribution in [-0.2, 0) is 27.4 Å². The van der Waals surface area contributed by atoms with Crippen LogP contribution < -0.4 is 0 Å². The molecule has 2 aromatic rings. The van der Waals surface area contributed by atoms with Crippen molar-refractivity contribution in [2.45, 2.75) is 52.6 Å². The molecule has 0 aliphatic rings. The van der Waals surface area contributed by atoms with Crippen LogP contribution in [0, 0.1) is 0 Å². The molecular weight excluding hydrogens is 436 g/mol. The summed E-state index contributed by atoms with van der Waals surface area (Å²) in [7, 11) is 0. The quantitative estimate of drug-likeness (QED) is 0.228. The average Bonchev–Trinajstić information content (AvgIpc) is 2.86. The van der Waals surface area contributed by atoms with E-state index in [-0.39, 0.29) is 11.8 Å². The minimum absolute atomic E-state index is 0.000800. The lowest BCUT2D eigenvalue weighted by molar-refractivity contribution is -0.128. The molecular formula is C30H40N2O3. The molecule has 0 saturated carbocycles. The maximum Gasteiger partial charge on any atom is 0.249 e. The highest BCUT2D eigenvalue weighted by molar-refractivity contribution is 5.92. The van der Waals surface area contributed by atoms with Gasteiger partial charge in [-0.2, -0.15) is 0 Å². The number of carbonyl (C=O) groups excluding carboxylic acids is 2. The molecule has 5 heteroatoms. The molecule has 5 nitrogen and oxygen atoms in total. The van der Waals surface area contributed by atoms with Crippen LogP contribution >= 0.6 is 0 Å². The molecule has 2 rings (SSSR count). The zero-order valence-electron chi connectivity index (χ0n) is 21.4. The van der Waals surface area contributed by atoms with Gasteiger partial charge >= 0.3 is 0 Å². The Bertz CT molecular complexity index is 863. The third kappa shape index (κ3) is 10.7. The SMILES string of the molecule is C=C(C)C(=O)N(CCCCOCCCCN(Cc1ccccc1)C(=O)C(=C)C)Cc1ccccc1. The van der Waals surface area contributed by atoms with E-state index < -0.39 is 0 Å². The molecule has 35 heavy (non-hydrogen) atoms. The summed E-state index contributed by atoms with van der Waals surface area (Å²) in [5.41, 5.74) is 3.35. The van der Waals surface area contributed by atoms with Gasteiger partial charge in [0, 0.05) is 50.5 Å². The average molecular weight is 477 g/mol. The second-order valence-corrected chi connectivity index (χ2v) is 9.01. The lowest BCUT2D eigenvalue weighted by Gasteiger charge is -2.23. The van der Waals surface area contributed by atoms with E-state index >= 15 is 0 Å².